The number of hydrogen-bond donors (Lipinski definition) is 1. The standard InChI is InChI=1S/C15H16BrNS/c16-12-8-13(18-10-12)9-14(17)15(6-7-15)11-4-2-1-3-5-11/h1-5,8,10,14H,6-7,9,17H2. The molecule has 0 saturated heterocycles. The molecule has 0 spiro atoms. The molecule has 94 valence electrons. The van der Waals surface area contributed by atoms with Gasteiger partial charge in [-0.1, -0.05) is 30.3 Å². The summed E-state index contributed by atoms with van der Waals surface area (Å²) in [5.74, 6) is 0. The SMILES string of the molecule is NC(Cc1cc(Br)cs1)C1(c2ccccc2)CC1. The van der Waals surface area contributed by atoms with E-state index in [2.05, 4.69) is 57.7 Å². The van der Waals surface area contributed by atoms with Gasteiger partial charge in [-0.05, 0) is 46.8 Å². The van der Waals surface area contributed by atoms with E-state index in [-0.39, 0.29) is 11.5 Å². The molecule has 1 nitrogen and oxygen atoms in total. The summed E-state index contributed by atoms with van der Waals surface area (Å²) in [4.78, 5) is 1.37. The third-order valence-corrected chi connectivity index (χ3v) is 5.61. The lowest BCUT2D eigenvalue weighted by atomic mass is 9.86. The maximum atomic E-state index is 6.48. The summed E-state index contributed by atoms with van der Waals surface area (Å²) in [5.41, 5.74) is 8.12. The molecule has 1 unspecified atom stereocenters. The molecular formula is C15H16BrNS. The number of benzene rings is 1. The van der Waals surface area contributed by atoms with Crippen LogP contribution in [-0.2, 0) is 11.8 Å². The maximum Gasteiger partial charge on any atom is 0.0285 e. The Morgan fingerprint density at radius 1 is 1.28 bits per heavy atom. The molecule has 1 aromatic heterocycles. The number of nitrogens with two attached hydrogens (primary N) is 1. The van der Waals surface area contributed by atoms with E-state index in [1.165, 1.54) is 27.8 Å². The third kappa shape index (κ3) is 2.27. The van der Waals surface area contributed by atoms with Crippen LogP contribution >= 0.6 is 27.3 Å². The van der Waals surface area contributed by atoms with Gasteiger partial charge in [-0.15, -0.1) is 11.3 Å². The summed E-state index contributed by atoms with van der Waals surface area (Å²) in [6, 6.07) is 13.2. The second-order valence-corrected chi connectivity index (χ2v) is 6.98. The van der Waals surface area contributed by atoms with Crippen molar-refractivity contribution in [1.29, 1.82) is 0 Å². The van der Waals surface area contributed by atoms with Crippen LogP contribution in [0.3, 0.4) is 0 Å². The van der Waals surface area contributed by atoms with Crippen LogP contribution in [0.2, 0.25) is 0 Å². The van der Waals surface area contributed by atoms with Crippen molar-refractivity contribution in [2.75, 3.05) is 0 Å². The van der Waals surface area contributed by atoms with Gasteiger partial charge in [-0.25, -0.2) is 0 Å². The van der Waals surface area contributed by atoms with Gasteiger partial charge in [-0.2, -0.15) is 0 Å². The fourth-order valence-electron chi connectivity index (χ4n) is 2.65. The first-order chi connectivity index (χ1) is 8.71. The Morgan fingerprint density at radius 3 is 2.56 bits per heavy atom. The summed E-state index contributed by atoms with van der Waals surface area (Å²) < 4.78 is 1.17. The highest BCUT2D eigenvalue weighted by Gasteiger charge is 2.48. The zero-order chi connectivity index (χ0) is 12.6. The fourth-order valence-corrected chi connectivity index (χ4v) is 4.16. The quantitative estimate of drug-likeness (QED) is 0.900. The lowest BCUT2D eigenvalue weighted by Crippen LogP contribution is -2.36. The molecule has 0 bridgehead atoms. The molecule has 0 amide bonds. The van der Waals surface area contributed by atoms with Gasteiger partial charge in [0, 0.05) is 26.2 Å². The summed E-state index contributed by atoms with van der Waals surface area (Å²) in [5, 5.41) is 2.13. The Labute approximate surface area is 120 Å². The van der Waals surface area contributed by atoms with Gasteiger partial charge >= 0.3 is 0 Å². The lowest BCUT2D eigenvalue weighted by molar-refractivity contribution is 0.517. The van der Waals surface area contributed by atoms with Crippen LogP contribution in [0.5, 0.6) is 0 Å². The van der Waals surface area contributed by atoms with E-state index in [4.69, 9.17) is 5.73 Å². The van der Waals surface area contributed by atoms with Crippen LogP contribution < -0.4 is 5.73 Å². The van der Waals surface area contributed by atoms with E-state index in [9.17, 15) is 0 Å². The van der Waals surface area contributed by atoms with E-state index < -0.39 is 0 Å². The van der Waals surface area contributed by atoms with Gasteiger partial charge in [0.25, 0.3) is 0 Å². The Morgan fingerprint density at radius 2 is 2.00 bits per heavy atom. The van der Waals surface area contributed by atoms with Crippen LogP contribution in [0.1, 0.15) is 23.3 Å². The van der Waals surface area contributed by atoms with Crippen molar-refractivity contribution in [2.24, 2.45) is 5.73 Å². The molecule has 1 fully saturated rings. The van der Waals surface area contributed by atoms with Crippen LogP contribution in [0, 0.1) is 0 Å². The normalized spacial score (nSPS) is 18.6. The van der Waals surface area contributed by atoms with Crippen molar-refractivity contribution in [3.63, 3.8) is 0 Å². The van der Waals surface area contributed by atoms with Crippen molar-refractivity contribution in [2.45, 2.75) is 30.7 Å². The highest BCUT2D eigenvalue weighted by atomic mass is 79.9. The van der Waals surface area contributed by atoms with Crippen LogP contribution in [0.15, 0.2) is 46.3 Å². The summed E-state index contributed by atoms with van der Waals surface area (Å²) >= 11 is 5.29. The molecule has 1 atom stereocenters. The monoisotopic (exact) mass is 321 g/mol. The molecule has 3 rings (SSSR count). The fraction of sp³-hybridized carbons (Fsp3) is 0.333. The molecule has 0 radical (unpaired) electrons. The maximum absolute atomic E-state index is 6.48. The first-order valence-corrected chi connectivity index (χ1v) is 7.92. The first kappa shape index (κ1) is 12.4. The van der Waals surface area contributed by atoms with Crippen LogP contribution in [-0.4, -0.2) is 6.04 Å². The predicted octanol–water partition coefficient (Wildman–Crippen LogP) is 4.11. The van der Waals surface area contributed by atoms with Gasteiger partial charge in [0.1, 0.15) is 0 Å². The molecule has 18 heavy (non-hydrogen) atoms. The Bertz CT molecular complexity index is 530. The zero-order valence-corrected chi connectivity index (χ0v) is 12.5. The summed E-state index contributed by atoms with van der Waals surface area (Å²) in [7, 11) is 0. The van der Waals surface area contributed by atoms with Crippen molar-refractivity contribution in [3.8, 4) is 0 Å². The molecule has 2 N–H and O–H groups in total. The number of hydrogen-bond acceptors (Lipinski definition) is 2. The van der Waals surface area contributed by atoms with E-state index in [0.29, 0.717) is 0 Å². The average molecular weight is 322 g/mol. The predicted molar refractivity (Wildman–Crippen MR) is 81.1 cm³/mol. The smallest absolute Gasteiger partial charge is 0.0285 e. The molecule has 2 aromatic rings. The van der Waals surface area contributed by atoms with Crippen LogP contribution in [0.25, 0.3) is 0 Å². The van der Waals surface area contributed by atoms with Gasteiger partial charge < -0.3 is 5.73 Å². The minimum absolute atomic E-state index is 0.227. The highest BCUT2D eigenvalue weighted by molar-refractivity contribution is 9.10. The number of halogens is 1. The van der Waals surface area contributed by atoms with E-state index in [0.717, 1.165) is 6.42 Å². The molecule has 1 aliphatic rings. The molecule has 1 aromatic carbocycles. The molecule has 1 heterocycles. The summed E-state index contributed by atoms with van der Waals surface area (Å²) in [6.45, 7) is 0. The molecular weight excluding hydrogens is 306 g/mol. The van der Waals surface area contributed by atoms with Crippen molar-refractivity contribution in [1.82, 2.24) is 0 Å². The Kier molecular flexibility index (Phi) is 3.31. The van der Waals surface area contributed by atoms with E-state index >= 15 is 0 Å². The largest absolute Gasteiger partial charge is 0.327 e. The van der Waals surface area contributed by atoms with Crippen molar-refractivity contribution >= 4 is 27.3 Å². The minimum atomic E-state index is 0.227. The van der Waals surface area contributed by atoms with Crippen LogP contribution in [0.4, 0.5) is 0 Å². The minimum Gasteiger partial charge on any atom is -0.327 e. The topological polar surface area (TPSA) is 26.0 Å². The second-order valence-electron chi connectivity index (χ2n) is 5.06. The molecule has 1 saturated carbocycles. The van der Waals surface area contributed by atoms with Gasteiger partial charge in [0.2, 0.25) is 0 Å². The summed E-state index contributed by atoms with van der Waals surface area (Å²) in [6.07, 6.45) is 3.43. The lowest BCUT2D eigenvalue weighted by Gasteiger charge is -2.23. The third-order valence-electron chi connectivity index (χ3n) is 3.89. The second kappa shape index (κ2) is 4.80. The van der Waals surface area contributed by atoms with E-state index in [1.54, 1.807) is 11.3 Å². The van der Waals surface area contributed by atoms with Gasteiger partial charge in [0.05, 0.1) is 0 Å². The average Bonchev–Trinajstić information content (AvgIpc) is 3.10. The first-order valence-electron chi connectivity index (χ1n) is 6.25. The molecule has 0 aliphatic heterocycles. The Hall–Kier alpha value is -0.640. The Balaban J connectivity index is 1.78. The zero-order valence-electron chi connectivity index (χ0n) is 10.1. The number of thiophene rings is 1. The van der Waals surface area contributed by atoms with Crippen molar-refractivity contribution in [3.05, 3.63) is 56.7 Å². The van der Waals surface area contributed by atoms with Gasteiger partial charge in [-0.3, -0.25) is 0 Å². The van der Waals surface area contributed by atoms with Gasteiger partial charge in [0.15, 0.2) is 0 Å². The molecule has 1 aliphatic carbocycles. The number of rotatable bonds is 4. The van der Waals surface area contributed by atoms with E-state index in [1.807, 2.05) is 0 Å². The van der Waals surface area contributed by atoms with Crippen molar-refractivity contribution < 1.29 is 0 Å². The molecule has 3 heteroatoms. The highest BCUT2D eigenvalue weighted by Crippen LogP contribution is 2.51.